The normalized spacial score (nSPS) is 11.8. The first kappa shape index (κ1) is 26.7. The number of amides is 2. The third-order valence-electron chi connectivity index (χ3n) is 5.95. The van der Waals surface area contributed by atoms with Gasteiger partial charge in [-0.25, -0.2) is 0 Å². The minimum Gasteiger partial charge on any atom is -0.467 e. The third kappa shape index (κ3) is 6.88. The number of hydrogen-bond acceptors (Lipinski definition) is 8. The van der Waals surface area contributed by atoms with Gasteiger partial charge in [0.25, 0.3) is 11.6 Å². The number of carbonyl (C=O) groups excluding carboxylic acids is 2. The summed E-state index contributed by atoms with van der Waals surface area (Å²) in [6, 6.07) is 14.3. The first-order chi connectivity index (χ1) is 18.4. The summed E-state index contributed by atoms with van der Waals surface area (Å²) in [6.07, 6.45) is 2.07. The molecule has 11 nitrogen and oxygen atoms in total. The van der Waals surface area contributed by atoms with Crippen LogP contribution in [-0.4, -0.2) is 59.6 Å². The smallest absolute Gasteiger partial charge is 0.269 e. The van der Waals surface area contributed by atoms with Crippen LogP contribution >= 0.6 is 0 Å². The lowest BCUT2D eigenvalue weighted by Crippen LogP contribution is -2.43. The fraction of sp³-hybridized carbons (Fsp3) is 0.333. The van der Waals surface area contributed by atoms with Crippen LogP contribution in [0, 0.1) is 10.1 Å². The zero-order valence-corrected chi connectivity index (χ0v) is 21.0. The first-order valence-electron chi connectivity index (χ1n) is 12.2. The number of nitro benzene ring substituents is 1. The summed E-state index contributed by atoms with van der Waals surface area (Å²) in [5, 5.41) is 11.0. The Labute approximate surface area is 219 Å². The average Bonchev–Trinajstić information content (AvgIpc) is 3.61. The Morgan fingerprint density at radius 3 is 2.53 bits per heavy atom. The van der Waals surface area contributed by atoms with Crippen LogP contribution in [0.1, 0.15) is 35.0 Å². The Hall–Kier alpha value is -4.38. The monoisotopic (exact) mass is 523 g/mol. The maximum Gasteiger partial charge on any atom is 0.269 e. The van der Waals surface area contributed by atoms with E-state index < -0.39 is 10.8 Å². The van der Waals surface area contributed by atoms with E-state index in [1.54, 1.807) is 23.1 Å². The van der Waals surface area contributed by atoms with Crippen LogP contribution in [0.3, 0.4) is 0 Å². The summed E-state index contributed by atoms with van der Waals surface area (Å²) in [4.78, 5) is 40.5. The summed E-state index contributed by atoms with van der Waals surface area (Å²) < 4.78 is 21.7. The maximum absolute atomic E-state index is 13.6. The average molecular weight is 524 g/mol. The quantitative estimate of drug-likeness (QED) is 0.187. The maximum atomic E-state index is 13.6. The summed E-state index contributed by atoms with van der Waals surface area (Å²) in [5.74, 6) is 1.17. The van der Waals surface area contributed by atoms with Gasteiger partial charge in [-0.3, -0.25) is 19.7 Å². The van der Waals surface area contributed by atoms with Crippen molar-refractivity contribution in [3.05, 3.63) is 87.9 Å². The molecule has 0 unspecified atom stereocenters. The minimum atomic E-state index is -0.527. The molecule has 0 aliphatic carbocycles. The highest BCUT2D eigenvalue weighted by Gasteiger charge is 2.24. The van der Waals surface area contributed by atoms with Gasteiger partial charge in [-0.05, 0) is 55.3 Å². The fourth-order valence-electron chi connectivity index (χ4n) is 4.01. The molecule has 2 amide bonds. The molecule has 0 N–H and O–H groups in total. The standard InChI is InChI=1S/C27H29N3O8/c1-2-35-13-4-12-28(27(32)21-7-9-22(10-8-21)30(33)34)18-26(31)29(17-23-5-3-14-36-23)16-20-6-11-24-25(15-20)38-19-37-24/h3,5-11,14-15H,2,4,12-13,16-19H2,1H3. The van der Waals surface area contributed by atoms with E-state index in [2.05, 4.69) is 0 Å². The van der Waals surface area contributed by atoms with Crippen molar-refractivity contribution in [1.29, 1.82) is 0 Å². The van der Waals surface area contributed by atoms with Gasteiger partial charge in [0.15, 0.2) is 11.5 Å². The molecule has 1 aromatic heterocycles. The predicted molar refractivity (Wildman–Crippen MR) is 136 cm³/mol. The van der Waals surface area contributed by atoms with Crippen LogP contribution in [0.5, 0.6) is 11.5 Å². The van der Waals surface area contributed by atoms with Crippen molar-refractivity contribution in [2.75, 3.05) is 33.1 Å². The summed E-state index contributed by atoms with van der Waals surface area (Å²) in [6.45, 7) is 3.56. The molecule has 2 aromatic carbocycles. The second-order valence-electron chi connectivity index (χ2n) is 8.60. The Kier molecular flexibility index (Phi) is 8.94. The van der Waals surface area contributed by atoms with Crippen LogP contribution < -0.4 is 9.47 Å². The molecular weight excluding hydrogens is 494 g/mol. The number of hydrogen-bond donors (Lipinski definition) is 0. The molecule has 200 valence electrons. The zero-order chi connectivity index (χ0) is 26.9. The lowest BCUT2D eigenvalue weighted by molar-refractivity contribution is -0.384. The van der Waals surface area contributed by atoms with Crippen molar-refractivity contribution in [2.45, 2.75) is 26.4 Å². The molecule has 38 heavy (non-hydrogen) atoms. The number of nitrogens with zero attached hydrogens (tertiary/aromatic N) is 3. The molecular formula is C27H29N3O8. The van der Waals surface area contributed by atoms with E-state index in [1.165, 1.54) is 35.4 Å². The van der Waals surface area contributed by atoms with Gasteiger partial charge in [0.05, 0.1) is 17.7 Å². The van der Waals surface area contributed by atoms with Crippen molar-refractivity contribution in [3.63, 3.8) is 0 Å². The summed E-state index contributed by atoms with van der Waals surface area (Å²) in [7, 11) is 0. The lowest BCUT2D eigenvalue weighted by Gasteiger charge is -2.27. The van der Waals surface area contributed by atoms with E-state index in [9.17, 15) is 19.7 Å². The highest BCUT2D eigenvalue weighted by Crippen LogP contribution is 2.33. The van der Waals surface area contributed by atoms with Gasteiger partial charge < -0.3 is 28.4 Å². The van der Waals surface area contributed by atoms with E-state index in [0.29, 0.717) is 36.9 Å². The predicted octanol–water partition coefficient (Wildman–Crippen LogP) is 4.01. The van der Waals surface area contributed by atoms with Crippen molar-refractivity contribution in [1.82, 2.24) is 9.80 Å². The molecule has 1 aliphatic rings. The Bertz CT molecular complexity index is 1240. The molecule has 0 atom stereocenters. The molecule has 0 fully saturated rings. The number of furan rings is 1. The summed E-state index contributed by atoms with van der Waals surface area (Å²) in [5.41, 5.74) is 0.973. The molecule has 0 saturated carbocycles. The first-order valence-corrected chi connectivity index (χ1v) is 12.2. The van der Waals surface area contributed by atoms with Crippen molar-refractivity contribution >= 4 is 17.5 Å². The second kappa shape index (κ2) is 12.7. The molecule has 0 bridgehead atoms. The van der Waals surface area contributed by atoms with Gasteiger partial charge in [-0.1, -0.05) is 6.07 Å². The van der Waals surface area contributed by atoms with Gasteiger partial charge in [0.1, 0.15) is 12.3 Å². The molecule has 4 rings (SSSR count). The van der Waals surface area contributed by atoms with E-state index in [4.69, 9.17) is 18.6 Å². The van der Waals surface area contributed by atoms with E-state index >= 15 is 0 Å². The molecule has 11 heteroatoms. The van der Waals surface area contributed by atoms with Gasteiger partial charge in [0, 0.05) is 44.0 Å². The largest absolute Gasteiger partial charge is 0.467 e. The SMILES string of the molecule is CCOCCCN(CC(=O)N(Cc1ccc2c(c1)OCO2)Cc1ccco1)C(=O)c1ccc([N+](=O)[O-])cc1. The minimum absolute atomic E-state index is 0.117. The Morgan fingerprint density at radius 1 is 1.03 bits per heavy atom. The molecule has 0 radical (unpaired) electrons. The van der Waals surface area contributed by atoms with Gasteiger partial charge in [-0.15, -0.1) is 0 Å². The molecule has 3 aromatic rings. The number of nitro groups is 1. The van der Waals surface area contributed by atoms with Crippen LogP contribution in [0.25, 0.3) is 0 Å². The van der Waals surface area contributed by atoms with Gasteiger partial charge in [0.2, 0.25) is 12.7 Å². The number of fused-ring (bicyclic) bond motifs is 1. The van der Waals surface area contributed by atoms with Crippen LogP contribution in [-0.2, 0) is 22.6 Å². The number of rotatable bonds is 13. The van der Waals surface area contributed by atoms with Crippen molar-refractivity contribution in [3.8, 4) is 11.5 Å². The van der Waals surface area contributed by atoms with Crippen LogP contribution in [0.4, 0.5) is 5.69 Å². The topological polar surface area (TPSA) is 125 Å². The van der Waals surface area contributed by atoms with E-state index in [1.807, 2.05) is 19.1 Å². The number of carbonyl (C=O) groups is 2. The van der Waals surface area contributed by atoms with Crippen LogP contribution in [0.2, 0.25) is 0 Å². The van der Waals surface area contributed by atoms with Gasteiger partial charge >= 0.3 is 0 Å². The molecule has 0 saturated heterocycles. The molecule has 1 aliphatic heterocycles. The molecule has 2 heterocycles. The zero-order valence-electron chi connectivity index (χ0n) is 21.0. The van der Waals surface area contributed by atoms with Crippen molar-refractivity contribution < 1.29 is 33.1 Å². The number of ether oxygens (including phenoxy) is 3. The highest BCUT2D eigenvalue weighted by molar-refractivity contribution is 5.96. The fourth-order valence-corrected chi connectivity index (χ4v) is 4.01. The Morgan fingerprint density at radius 2 is 1.82 bits per heavy atom. The highest BCUT2D eigenvalue weighted by atomic mass is 16.7. The second-order valence-corrected chi connectivity index (χ2v) is 8.60. The van der Waals surface area contributed by atoms with Crippen LogP contribution in [0.15, 0.2) is 65.3 Å². The van der Waals surface area contributed by atoms with Gasteiger partial charge in [-0.2, -0.15) is 0 Å². The van der Waals surface area contributed by atoms with Crippen molar-refractivity contribution in [2.24, 2.45) is 0 Å². The Balaban J connectivity index is 1.52. The van der Waals surface area contributed by atoms with E-state index in [0.717, 1.165) is 5.56 Å². The third-order valence-corrected chi connectivity index (χ3v) is 5.95. The van der Waals surface area contributed by atoms with E-state index in [-0.39, 0.29) is 50.1 Å². The molecule has 0 spiro atoms. The lowest BCUT2D eigenvalue weighted by atomic mass is 10.1. The summed E-state index contributed by atoms with van der Waals surface area (Å²) >= 11 is 0. The number of non-ortho nitro benzene ring substituents is 1. The number of benzene rings is 2.